The average Bonchev–Trinajstić information content (AvgIpc) is 1.90. The predicted molar refractivity (Wildman–Crippen MR) is 45.6 cm³/mol. The van der Waals surface area contributed by atoms with Gasteiger partial charge in [-0.2, -0.15) is 0 Å². The van der Waals surface area contributed by atoms with E-state index in [9.17, 15) is 0 Å². The summed E-state index contributed by atoms with van der Waals surface area (Å²) >= 11 is 3.51. The second-order valence-electron chi connectivity index (χ2n) is 2.77. The number of hydrogen-bond acceptors (Lipinski definition) is 2. The van der Waals surface area contributed by atoms with E-state index in [1.54, 1.807) is 0 Å². The topological polar surface area (TPSA) is 21.3 Å². The van der Waals surface area contributed by atoms with Crippen LogP contribution in [0.3, 0.4) is 0 Å². The van der Waals surface area contributed by atoms with Gasteiger partial charge in [-0.25, -0.2) is 0 Å². The Labute approximate surface area is 70.5 Å². The van der Waals surface area contributed by atoms with Crippen LogP contribution in [-0.4, -0.2) is 30.6 Å². The lowest BCUT2D eigenvalue weighted by Crippen LogP contribution is -2.36. The minimum absolute atomic E-state index is 0.482. The summed E-state index contributed by atoms with van der Waals surface area (Å²) in [6, 6.07) is 0.598. The van der Waals surface area contributed by atoms with Crippen molar-refractivity contribution >= 4 is 15.9 Å². The third kappa shape index (κ3) is 2.99. The second kappa shape index (κ2) is 4.31. The first-order valence-corrected chi connectivity index (χ1v) is 4.66. The standard InChI is InChI=1S/C7H14BrNO/c1-6-2-3-10-5-7(8)4-9-6/h6-7,9H,2-5H2,1H3/t6?,7-/m0/s1. The fourth-order valence-corrected chi connectivity index (χ4v) is 1.34. The maximum atomic E-state index is 5.37. The van der Waals surface area contributed by atoms with Gasteiger partial charge in [0, 0.05) is 19.2 Å². The molecule has 0 aromatic heterocycles. The maximum absolute atomic E-state index is 5.37. The summed E-state index contributed by atoms with van der Waals surface area (Å²) in [5.41, 5.74) is 0. The van der Waals surface area contributed by atoms with Gasteiger partial charge in [0.05, 0.1) is 11.4 Å². The Morgan fingerprint density at radius 1 is 1.60 bits per heavy atom. The molecule has 2 nitrogen and oxygen atoms in total. The van der Waals surface area contributed by atoms with Crippen molar-refractivity contribution in [2.75, 3.05) is 19.8 Å². The van der Waals surface area contributed by atoms with Crippen molar-refractivity contribution in [3.8, 4) is 0 Å². The number of halogens is 1. The van der Waals surface area contributed by atoms with E-state index in [0.29, 0.717) is 10.9 Å². The molecule has 0 bridgehead atoms. The van der Waals surface area contributed by atoms with Gasteiger partial charge in [0.15, 0.2) is 0 Å². The average molecular weight is 208 g/mol. The molecule has 0 aromatic carbocycles. The lowest BCUT2D eigenvalue weighted by molar-refractivity contribution is 0.116. The predicted octanol–water partition coefficient (Wildman–Crippen LogP) is 1.15. The van der Waals surface area contributed by atoms with Gasteiger partial charge in [0.2, 0.25) is 0 Å². The first kappa shape index (κ1) is 8.50. The molecule has 1 saturated heterocycles. The molecule has 0 amide bonds. The molecule has 1 unspecified atom stereocenters. The van der Waals surface area contributed by atoms with Gasteiger partial charge in [-0.1, -0.05) is 15.9 Å². The van der Waals surface area contributed by atoms with E-state index in [4.69, 9.17) is 4.74 Å². The highest BCUT2D eigenvalue weighted by atomic mass is 79.9. The number of alkyl halides is 1. The molecule has 1 heterocycles. The Balaban J connectivity index is 2.23. The summed E-state index contributed by atoms with van der Waals surface area (Å²) in [5.74, 6) is 0. The number of nitrogens with one attached hydrogen (secondary N) is 1. The van der Waals surface area contributed by atoms with Gasteiger partial charge in [0.25, 0.3) is 0 Å². The Kier molecular flexibility index (Phi) is 3.66. The van der Waals surface area contributed by atoms with Crippen LogP contribution in [0.4, 0.5) is 0 Å². The van der Waals surface area contributed by atoms with E-state index < -0.39 is 0 Å². The second-order valence-corrected chi connectivity index (χ2v) is 4.07. The van der Waals surface area contributed by atoms with Crippen molar-refractivity contribution in [2.24, 2.45) is 0 Å². The molecule has 0 radical (unpaired) electrons. The van der Waals surface area contributed by atoms with Crippen molar-refractivity contribution in [1.82, 2.24) is 5.32 Å². The van der Waals surface area contributed by atoms with E-state index in [1.807, 2.05) is 0 Å². The van der Waals surface area contributed by atoms with Gasteiger partial charge in [-0.3, -0.25) is 0 Å². The minimum atomic E-state index is 0.482. The highest BCUT2D eigenvalue weighted by molar-refractivity contribution is 9.09. The van der Waals surface area contributed by atoms with Gasteiger partial charge in [0.1, 0.15) is 0 Å². The van der Waals surface area contributed by atoms with Gasteiger partial charge in [-0.05, 0) is 13.3 Å². The van der Waals surface area contributed by atoms with Crippen molar-refractivity contribution in [1.29, 1.82) is 0 Å². The van der Waals surface area contributed by atoms with E-state index in [2.05, 4.69) is 28.2 Å². The Morgan fingerprint density at radius 3 is 3.20 bits per heavy atom. The van der Waals surface area contributed by atoms with Crippen LogP contribution in [0.5, 0.6) is 0 Å². The fraction of sp³-hybridized carbons (Fsp3) is 1.00. The van der Waals surface area contributed by atoms with Crippen LogP contribution in [0, 0.1) is 0 Å². The molecule has 60 valence electrons. The largest absolute Gasteiger partial charge is 0.380 e. The molecular weight excluding hydrogens is 194 g/mol. The van der Waals surface area contributed by atoms with E-state index >= 15 is 0 Å². The van der Waals surface area contributed by atoms with Crippen molar-refractivity contribution in [3.05, 3.63) is 0 Å². The summed E-state index contributed by atoms with van der Waals surface area (Å²) in [6.07, 6.45) is 1.12. The first-order valence-electron chi connectivity index (χ1n) is 3.74. The number of hydrogen-bond donors (Lipinski definition) is 1. The lowest BCUT2D eigenvalue weighted by Gasteiger charge is -2.20. The maximum Gasteiger partial charge on any atom is 0.0603 e. The van der Waals surface area contributed by atoms with Crippen LogP contribution in [0.25, 0.3) is 0 Å². The molecule has 1 fully saturated rings. The zero-order valence-corrected chi connectivity index (χ0v) is 7.86. The molecular formula is C7H14BrNO. The molecule has 0 spiro atoms. The summed E-state index contributed by atoms with van der Waals surface area (Å²) in [7, 11) is 0. The molecule has 0 aliphatic carbocycles. The van der Waals surface area contributed by atoms with Crippen LogP contribution in [0.2, 0.25) is 0 Å². The van der Waals surface area contributed by atoms with Crippen molar-refractivity contribution < 1.29 is 4.74 Å². The molecule has 1 rings (SSSR count). The van der Waals surface area contributed by atoms with E-state index in [0.717, 1.165) is 26.2 Å². The summed E-state index contributed by atoms with van der Waals surface area (Å²) in [5, 5.41) is 3.41. The third-order valence-corrected chi connectivity index (χ3v) is 2.27. The third-order valence-electron chi connectivity index (χ3n) is 1.68. The van der Waals surface area contributed by atoms with Crippen LogP contribution in [0.1, 0.15) is 13.3 Å². The SMILES string of the molecule is CC1CCOC[C@@H](Br)CN1. The smallest absolute Gasteiger partial charge is 0.0603 e. The first-order chi connectivity index (χ1) is 4.79. The van der Waals surface area contributed by atoms with E-state index in [1.165, 1.54) is 0 Å². The van der Waals surface area contributed by atoms with E-state index in [-0.39, 0.29) is 0 Å². The summed E-state index contributed by atoms with van der Waals surface area (Å²) in [4.78, 5) is 0.482. The quantitative estimate of drug-likeness (QED) is 0.603. The fourth-order valence-electron chi connectivity index (χ4n) is 0.961. The number of rotatable bonds is 0. The summed E-state index contributed by atoms with van der Waals surface area (Å²) < 4.78 is 5.37. The molecule has 1 aliphatic heterocycles. The highest BCUT2D eigenvalue weighted by Gasteiger charge is 2.10. The molecule has 1 aliphatic rings. The van der Waals surface area contributed by atoms with Gasteiger partial charge >= 0.3 is 0 Å². The lowest BCUT2D eigenvalue weighted by atomic mass is 10.2. The van der Waals surface area contributed by atoms with Crippen LogP contribution < -0.4 is 5.32 Å². The molecule has 2 atom stereocenters. The van der Waals surface area contributed by atoms with Gasteiger partial charge < -0.3 is 10.1 Å². The zero-order chi connectivity index (χ0) is 7.40. The van der Waals surface area contributed by atoms with Crippen molar-refractivity contribution in [3.63, 3.8) is 0 Å². The normalized spacial score (nSPS) is 36.6. The highest BCUT2D eigenvalue weighted by Crippen LogP contribution is 2.04. The molecule has 1 N–H and O–H groups in total. The Morgan fingerprint density at radius 2 is 2.40 bits per heavy atom. The molecule has 3 heteroatoms. The van der Waals surface area contributed by atoms with Crippen LogP contribution in [-0.2, 0) is 4.74 Å². The monoisotopic (exact) mass is 207 g/mol. The molecule has 0 aromatic rings. The number of ether oxygens (including phenoxy) is 1. The zero-order valence-electron chi connectivity index (χ0n) is 6.27. The summed E-state index contributed by atoms with van der Waals surface area (Å²) in [6.45, 7) is 4.92. The van der Waals surface area contributed by atoms with Crippen molar-refractivity contribution in [2.45, 2.75) is 24.2 Å². The van der Waals surface area contributed by atoms with Crippen LogP contribution >= 0.6 is 15.9 Å². The Bertz CT molecular complexity index is 87.6. The molecule has 10 heavy (non-hydrogen) atoms. The van der Waals surface area contributed by atoms with Gasteiger partial charge in [-0.15, -0.1) is 0 Å². The van der Waals surface area contributed by atoms with Crippen LogP contribution in [0.15, 0.2) is 0 Å². The Hall–Kier alpha value is 0.400. The minimum Gasteiger partial charge on any atom is -0.380 e. The molecule has 0 saturated carbocycles.